The van der Waals surface area contributed by atoms with E-state index in [-0.39, 0.29) is 105 Å². The molecule has 6 amide bonds. The van der Waals surface area contributed by atoms with Gasteiger partial charge in [-0.25, -0.2) is 0 Å². The first-order valence-electron chi connectivity index (χ1n) is 36.3. The number of nitrogens with zero attached hydrogens (tertiary/aromatic N) is 6. The number of carbonyl (C=O) groups is 9. The second-order valence-corrected chi connectivity index (χ2v) is 34.1. The number of ketones is 3. The summed E-state index contributed by atoms with van der Waals surface area (Å²) in [5.74, 6) is -3.62. The monoisotopic (exact) mass is 1770 g/mol. The van der Waals surface area contributed by atoms with Gasteiger partial charge in [0.25, 0.3) is 35.4 Å². The molecule has 112 heavy (non-hydrogen) atoms. The van der Waals surface area contributed by atoms with Crippen molar-refractivity contribution in [3.8, 4) is 0 Å². The molecule has 0 aromatic heterocycles. The molecule has 6 aliphatic heterocycles. The van der Waals surface area contributed by atoms with Crippen molar-refractivity contribution in [3.05, 3.63) is 201 Å². The number of rotatable bonds is 12. The van der Waals surface area contributed by atoms with E-state index in [1.54, 1.807) is 128 Å². The van der Waals surface area contributed by atoms with E-state index in [1.807, 2.05) is 139 Å². The van der Waals surface area contributed by atoms with Gasteiger partial charge in [0.15, 0.2) is 0 Å². The van der Waals surface area contributed by atoms with Crippen LogP contribution < -0.4 is 74.3 Å². The molecule has 6 aromatic carbocycles. The molecule has 3 atom stereocenters. The number of benzene rings is 6. The first kappa shape index (κ1) is 92.6. The molecule has 27 nitrogen and oxygen atoms in total. The van der Waals surface area contributed by atoms with E-state index in [0.717, 1.165) is 9.03 Å². The number of Topliss-reactive ketones (excluding diaryl/α,β-unsaturated/α-hetero) is 3. The number of hydrogen-bond acceptors (Lipinski definition) is 21. The Balaban J connectivity index is 0.000000206. The zero-order valence-electron chi connectivity index (χ0n) is 66.1. The van der Waals surface area contributed by atoms with E-state index in [9.17, 15) is 43.2 Å². The van der Waals surface area contributed by atoms with E-state index < -0.39 is 94.6 Å². The van der Waals surface area contributed by atoms with Crippen LogP contribution in [-0.2, 0) is 42.3 Å². The van der Waals surface area contributed by atoms with Crippen LogP contribution in [0.3, 0.4) is 0 Å². The van der Waals surface area contributed by atoms with Gasteiger partial charge in [0.1, 0.15) is 20.1 Å². The van der Waals surface area contributed by atoms with Crippen LogP contribution in [0.2, 0.25) is 0 Å². The zero-order chi connectivity index (χ0) is 82.1. The Bertz CT molecular complexity index is 4200. The molecule has 0 unspecified atom stereocenters. The third-order valence-electron chi connectivity index (χ3n) is 21.2. The fourth-order valence-electron chi connectivity index (χ4n) is 12.6. The van der Waals surface area contributed by atoms with Crippen molar-refractivity contribution in [3.63, 3.8) is 0 Å². The Morgan fingerprint density at radius 2 is 0.625 bits per heavy atom. The van der Waals surface area contributed by atoms with Crippen molar-refractivity contribution < 1.29 is 145 Å². The number of hydrogen-bond donors (Lipinski definition) is 2. The van der Waals surface area contributed by atoms with Gasteiger partial charge in [-0.1, -0.05) is 103 Å². The van der Waals surface area contributed by atoms with Crippen LogP contribution in [0.15, 0.2) is 164 Å². The maximum atomic E-state index is 13.0. The Morgan fingerprint density at radius 1 is 0.384 bits per heavy atom. The number of amides is 6. The Hall–Kier alpha value is -6.61. The molecule has 6 heterocycles. The van der Waals surface area contributed by atoms with Crippen LogP contribution in [0.25, 0.3) is 0 Å². The molecule has 590 valence electrons. The summed E-state index contributed by atoms with van der Waals surface area (Å²) in [5.41, 5.74) is 1.43. The van der Waals surface area contributed by atoms with E-state index in [4.69, 9.17) is 51.7 Å². The minimum absolute atomic E-state index is 0. The van der Waals surface area contributed by atoms with Gasteiger partial charge >= 0.3 is 57.8 Å². The van der Waals surface area contributed by atoms with Crippen molar-refractivity contribution in [2.24, 2.45) is 0 Å². The van der Waals surface area contributed by atoms with Crippen LogP contribution in [0.1, 0.15) is 166 Å². The average molecular weight is 1770 g/mol. The van der Waals surface area contributed by atoms with Crippen LogP contribution in [0.5, 0.6) is 0 Å². The minimum Gasteiger partial charge on any atom is -0.423 e. The smallest absolute Gasteiger partial charge is 0.423 e. The van der Waals surface area contributed by atoms with Gasteiger partial charge in [0.05, 0.1) is 33.6 Å². The largest absolute Gasteiger partial charge is 1.00 e. The molecule has 12 rings (SSSR count). The first-order chi connectivity index (χ1) is 51.7. The SMILES string of the molecule is CC1(C)OB(B2OC(C)(C)C(C)(C)O2)OC1(C)C.C[C@@H]1CN(C(=O)c2ccccc2)CCN1C(=O)C(=O)c1ccc(B(O)O)cc1.C[C@@H]1CN(C(=O)c2ccccc2)CCN1C(=O)C(=O)c1ccc(B2OC(C)(C)C(C)(C)O2)cc1.C[C@@H]1CN(C(=O)c2ccccc2)CCN1C(=O)C(=O)c1ccc(I)cc1.[Na+].[O-][I+3]([O-])([O-])[O-]. The predicted molar refractivity (Wildman–Crippen MR) is 413 cm³/mol. The van der Waals surface area contributed by atoms with Crippen LogP contribution in [-0.4, -0.2) is 231 Å². The summed E-state index contributed by atoms with van der Waals surface area (Å²) in [5, 5.41) is 18.2. The molecule has 0 saturated carbocycles. The summed E-state index contributed by atoms with van der Waals surface area (Å²) in [6.45, 7) is 32.9. The van der Waals surface area contributed by atoms with E-state index in [2.05, 4.69) is 22.6 Å². The fraction of sp³-hybridized carbons (Fsp3) is 0.423. The van der Waals surface area contributed by atoms with E-state index in [0.29, 0.717) is 80.2 Å². The average Bonchev–Trinajstić information content (AvgIpc) is 1.60. The third kappa shape index (κ3) is 23.4. The molecule has 0 radical (unpaired) electrons. The van der Waals surface area contributed by atoms with Crippen LogP contribution in [0.4, 0.5) is 0 Å². The van der Waals surface area contributed by atoms with Crippen molar-refractivity contribution in [2.75, 3.05) is 58.9 Å². The Kier molecular flexibility index (Phi) is 31.8. The molecule has 6 aromatic rings. The van der Waals surface area contributed by atoms with Crippen LogP contribution >= 0.6 is 22.6 Å². The van der Waals surface area contributed by atoms with E-state index >= 15 is 0 Å². The molecule has 6 saturated heterocycles. The van der Waals surface area contributed by atoms with Crippen molar-refractivity contribution in [1.82, 2.24) is 29.4 Å². The normalized spacial score (nSPS) is 20.3. The third-order valence-corrected chi connectivity index (χ3v) is 21.9. The fourth-order valence-corrected chi connectivity index (χ4v) is 12.9. The van der Waals surface area contributed by atoms with Gasteiger partial charge in [-0.05, 0) is 198 Å². The Labute approximate surface area is 698 Å². The second kappa shape index (κ2) is 38.4. The van der Waals surface area contributed by atoms with Gasteiger partial charge in [0, 0.05) is 114 Å². The molecular formula is C78H95B4I2N6NaO21. The van der Waals surface area contributed by atoms with Gasteiger partial charge in [-0.15, -0.1) is 0 Å². The summed E-state index contributed by atoms with van der Waals surface area (Å²) in [6, 6.07) is 45.7. The molecule has 0 aliphatic carbocycles. The Morgan fingerprint density at radius 3 is 0.875 bits per heavy atom. The maximum Gasteiger partial charge on any atom is 1.00 e. The second-order valence-electron chi connectivity index (χ2n) is 30.7. The van der Waals surface area contributed by atoms with Crippen molar-refractivity contribution in [1.29, 1.82) is 0 Å². The molecule has 0 spiro atoms. The topological polar surface area (TPSA) is 361 Å². The van der Waals surface area contributed by atoms with Gasteiger partial charge < -0.3 is 67.4 Å². The zero-order valence-corrected chi connectivity index (χ0v) is 72.4. The molecule has 2 N–H and O–H groups in total. The minimum atomic E-state index is -5.94. The van der Waals surface area contributed by atoms with E-state index in [1.165, 1.54) is 29.2 Å². The summed E-state index contributed by atoms with van der Waals surface area (Å²) >= 11 is -3.79. The molecule has 6 fully saturated rings. The first-order valence-corrected chi connectivity index (χ1v) is 40.9. The maximum absolute atomic E-state index is 13.0. The summed E-state index contributed by atoms with van der Waals surface area (Å²) < 4.78 is 71.4. The van der Waals surface area contributed by atoms with Gasteiger partial charge in [-0.3, -0.25) is 56.9 Å². The molecule has 34 heteroatoms. The summed E-state index contributed by atoms with van der Waals surface area (Å²) in [4.78, 5) is 124. The van der Waals surface area contributed by atoms with Crippen molar-refractivity contribution in [2.45, 2.75) is 156 Å². The van der Waals surface area contributed by atoms with Crippen LogP contribution in [0, 0.1) is 3.57 Å². The predicted octanol–water partition coefficient (Wildman–Crippen LogP) is -3.19. The number of halogens is 2. The standard InChI is InChI=1S/C26H31BN2O5.C20H21BN2O5.C20H19IN2O3.C12H24B2O4.IO4.Na/c1-18-17-28(23(31)20-9-7-6-8-10-20)15-16-29(18)24(32)22(30)19-11-13-21(14-12-19)27-33-25(2,3)26(4,5)34-27;1-14-13-22(19(25)16-5-3-2-4-6-16)11-12-23(14)20(26)18(24)15-7-9-17(10-8-15)21(27)28;1-14-13-22(19(25)16-5-3-2-4-6-16)11-12-23(14)20(26)18(24)15-7-9-17(21)10-8-15;1-9(2)10(3,4)16-13(15-9)14-17-11(5,6)12(7,8)18-14;2-1(3,4)5;/h6-14,18H,15-17H2,1-5H3;2-10,14,27-28H,11-13H2,1H3;2-10,14H,11-13H2,1H3;1-8H3;;/q;;;;-1;+1/t18-;2*14-;;;/m111.../s1. The molecular weight excluding hydrogens is 1680 g/mol. The van der Waals surface area contributed by atoms with Gasteiger partial charge in [0.2, 0.25) is 17.3 Å². The quantitative estimate of drug-likeness (QED) is 0.0528. The molecule has 0 bridgehead atoms. The number of carbonyl (C=O) groups excluding carboxylic acids is 9. The molecule has 6 aliphatic rings. The van der Waals surface area contributed by atoms with Crippen molar-refractivity contribution >= 4 is 115 Å². The van der Waals surface area contributed by atoms with Gasteiger partial charge in [-0.2, -0.15) is 0 Å². The summed E-state index contributed by atoms with van der Waals surface area (Å²) in [7, 11) is -3.11. The number of piperazine rings is 3. The summed E-state index contributed by atoms with van der Waals surface area (Å²) in [6.07, 6.45) is 0.